The minimum absolute atomic E-state index is 0.0715. The first kappa shape index (κ1) is 41.1. The first-order valence-electron chi connectivity index (χ1n) is 16.2. The number of terminal acetylenes is 1. The summed E-state index contributed by atoms with van der Waals surface area (Å²) < 4.78 is 5.21. The van der Waals surface area contributed by atoms with Gasteiger partial charge in [-0.1, -0.05) is 26.0 Å². The third-order valence-electron chi connectivity index (χ3n) is 7.63. The van der Waals surface area contributed by atoms with Crippen LogP contribution in [0.5, 0.6) is 0 Å². The van der Waals surface area contributed by atoms with Crippen LogP contribution in [0.3, 0.4) is 0 Å². The number of anilines is 1. The zero-order chi connectivity index (χ0) is 37.9. The number of carbonyl (C=O) groups excluding carboxylic acids is 5. The highest BCUT2D eigenvalue weighted by molar-refractivity contribution is 5.97. The lowest BCUT2D eigenvalue weighted by atomic mass is 9.89. The highest BCUT2D eigenvalue weighted by Crippen LogP contribution is 2.25. The van der Waals surface area contributed by atoms with Crippen molar-refractivity contribution in [3.8, 4) is 12.3 Å². The minimum Gasteiger partial charge on any atom is -0.445 e. The van der Waals surface area contributed by atoms with Crippen molar-refractivity contribution in [2.75, 3.05) is 18.4 Å². The van der Waals surface area contributed by atoms with Crippen LogP contribution in [0, 0.1) is 44.4 Å². The van der Waals surface area contributed by atoms with Crippen LogP contribution in [0.1, 0.15) is 63.5 Å². The van der Waals surface area contributed by atoms with E-state index in [9.17, 15) is 44.2 Å². The number of nitrogens with zero attached hydrogens (tertiary/aromatic N) is 2. The van der Waals surface area contributed by atoms with E-state index < -0.39 is 39.8 Å². The van der Waals surface area contributed by atoms with Crippen LogP contribution >= 0.6 is 0 Å². The quantitative estimate of drug-likeness (QED) is 0.0541. The molecule has 0 heterocycles. The summed E-state index contributed by atoms with van der Waals surface area (Å²) in [5.74, 6) is 0.241. The first-order valence-corrected chi connectivity index (χ1v) is 16.2. The molecule has 0 aliphatic carbocycles. The summed E-state index contributed by atoms with van der Waals surface area (Å²) in [6.07, 6.45) is 5.77. The number of carbonyl (C=O) groups is 5. The molecule has 0 fully saturated rings. The van der Waals surface area contributed by atoms with Crippen molar-refractivity contribution in [3.63, 3.8) is 0 Å². The van der Waals surface area contributed by atoms with E-state index >= 15 is 0 Å². The fraction of sp³-hybridized carbons (Fsp3) is 0.441. The van der Waals surface area contributed by atoms with Gasteiger partial charge >= 0.3 is 12.1 Å². The van der Waals surface area contributed by atoms with E-state index in [0.29, 0.717) is 29.7 Å². The number of rotatable bonds is 21. The number of alkyl carbamates (subject to hydrolysis) is 1. The van der Waals surface area contributed by atoms with Crippen molar-refractivity contribution in [2.45, 2.75) is 71.4 Å². The Balaban J connectivity index is 1.92. The number of hydrogen-bond donors (Lipinski definition) is 5. The molecule has 0 saturated heterocycles. The predicted octanol–water partition coefficient (Wildman–Crippen LogP) is 3.88. The molecule has 2 aromatic carbocycles. The van der Waals surface area contributed by atoms with E-state index in [1.807, 2.05) is 0 Å². The largest absolute Gasteiger partial charge is 0.445 e. The number of urea groups is 1. The molecule has 0 saturated carbocycles. The zero-order valence-electron chi connectivity index (χ0n) is 28.5. The standard InChI is InChI=1S/C34H43N7O10/c1-4-5-10-30(43)39-31(22(2)3)29(42)19-25(9-7-17-36-33(35)45)32(44)38-26-14-11-23(12-15-26)21-51-34(46)37-18-6-8-24-13-16-27(40(47)48)20-28(24)41(49)50/h1,11-16,20,22,25,31H,5-10,17-19,21H2,2-3H3,(H,37,46)(H,38,44)(H,39,43)(H3,35,36,45)/t25-,31+/m1/s1. The molecule has 0 radical (unpaired) electrons. The van der Waals surface area contributed by atoms with Gasteiger partial charge in [-0.25, -0.2) is 9.59 Å². The average Bonchev–Trinajstić information content (AvgIpc) is 3.08. The molecular weight excluding hydrogens is 666 g/mol. The van der Waals surface area contributed by atoms with Gasteiger partial charge in [-0.05, 0) is 55.4 Å². The summed E-state index contributed by atoms with van der Waals surface area (Å²) in [7, 11) is 0. The molecule has 2 rings (SSSR count). The van der Waals surface area contributed by atoms with Gasteiger partial charge in [0, 0.05) is 55.6 Å². The maximum absolute atomic E-state index is 13.3. The maximum Gasteiger partial charge on any atom is 0.407 e. The van der Waals surface area contributed by atoms with E-state index in [0.717, 1.165) is 6.07 Å². The summed E-state index contributed by atoms with van der Waals surface area (Å²) >= 11 is 0. The molecule has 51 heavy (non-hydrogen) atoms. The monoisotopic (exact) mass is 709 g/mol. The lowest BCUT2D eigenvalue weighted by Crippen LogP contribution is -2.45. The Bertz CT molecular complexity index is 1610. The molecule has 17 nitrogen and oxygen atoms in total. The second kappa shape index (κ2) is 21.1. The Morgan fingerprint density at radius 3 is 2.25 bits per heavy atom. The average molecular weight is 710 g/mol. The SMILES string of the molecule is C#CCCC(=O)N[C@H](C(=O)C[C@@H](CCCNC(N)=O)C(=O)Nc1ccc(COC(=O)NCCCc2ccc([N+](=O)[O-])cc2[N+](=O)[O-])cc1)C(C)C. The molecule has 0 aliphatic rings. The Labute approximate surface area is 294 Å². The lowest BCUT2D eigenvalue weighted by molar-refractivity contribution is -0.394. The number of nitro benzene ring substituents is 2. The van der Waals surface area contributed by atoms with Crippen molar-refractivity contribution in [1.82, 2.24) is 16.0 Å². The van der Waals surface area contributed by atoms with E-state index in [-0.39, 0.29) is 80.8 Å². The summed E-state index contributed by atoms with van der Waals surface area (Å²) in [6, 6.07) is 8.34. The van der Waals surface area contributed by atoms with Gasteiger partial charge in [-0.15, -0.1) is 12.3 Å². The molecule has 5 amide bonds. The number of aryl methyl sites for hydroxylation is 1. The van der Waals surface area contributed by atoms with E-state index in [2.05, 4.69) is 27.2 Å². The number of primary amides is 1. The van der Waals surface area contributed by atoms with Crippen LogP contribution in [0.4, 0.5) is 26.7 Å². The van der Waals surface area contributed by atoms with Gasteiger partial charge in [0.15, 0.2) is 5.78 Å². The van der Waals surface area contributed by atoms with Crippen molar-refractivity contribution in [3.05, 3.63) is 73.8 Å². The number of nitrogens with one attached hydrogen (secondary N) is 4. The molecule has 274 valence electrons. The van der Waals surface area contributed by atoms with Gasteiger partial charge in [-0.3, -0.25) is 34.6 Å². The fourth-order valence-corrected chi connectivity index (χ4v) is 4.95. The molecule has 0 spiro atoms. The third kappa shape index (κ3) is 14.9. The van der Waals surface area contributed by atoms with Gasteiger partial charge in [0.25, 0.3) is 11.4 Å². The zero-order valence-corrected chi connectivity index (χ0v) is 28.5. The van der Waals surface area contributed by atoms with Gasteiger partial charge < -0.3 is 31.7 Å². The Kier molecular flexibility index (Phi) is 17.0. The van der Waals surface area contributed by atoms with Crippen molar-refractivity contribution in [2.24, 2.45) is 17.6 Å². The molecule has 0 aliphatic heterocycles. The highest BCUT2D eigenvalue weighted by atomic mass is 16.6. The van der Waals surface area contributed by atoms with Crippen LogP contribution in [0.25, 0.3) is 0 Å². The summed E-state index contributed by atoms with van der Waals surface area (Å²) in [5, 5.41) is 32.7. The first-order chi connectivity index (χ1) is 24.2. The van der Waals surface area contributed by atoms with Gasteiger partial charge in [0.1, 0.15) is 6.61 Å². The number of nitrogens with two attached hydrogens (primary N) is 1. The fourth-order valence-electron chi connectivity index (χ4n) is 4.95. The third-order valence-corrected chi connectivity index (χ3v) is 7.63. The summed E-state index contributed by atoms with van der Waals surface area (Å²) in [5.41, 5.74) is 5.69. The molecule has 0 bridgehead atoms. The van der Waals surface area contributed by atoms with Crippen LogP contribution in [-0.4, -0.2) is 58.7 Å². The molecule has 2 atom stereocenters. The summed E-state index contributed by atoms with van der Waals surface area (Å²) in [4.78, 5) is 82.9. The maximum atomic E-state index is 13.3. The number of ether oxygens (including phenoxy) is 1. The normalized spacial score (nSPS) is 11.7. The van der Waals surface area contributed by atoms with E-state index in [4.69, 9.17) is 16.9 Å². The Morgan fingerprint density at radius 1 is 0.961 bits per heavy atom. The second-order valence-electron chi connectivity index (χ2n) is 11.9. The van der Waals surface area contributed by atoms with Crippen molar-refractivity contribution in [1.29, 1.82) is 0 Å². The number of ketones is 1. The topological polar surface area (TPSA) is 255 Å². The van der Waals surface area contributed by atoms with Gasteiger partial charge in [0.2, 0.25) is 11.8 Å². The van der Waals surface area contributed by atoms with Crippen LogP contribution < -0.4 is 27.0 Å². The van der Waals surface area contributed by atoms with Crippen LogP contribution in [0.15, 0.2) is 42.5 Å². The second-order valence-corrected chi connectivity index (χ2v) is 11.9. The number of benzene rings is 2. The van der Waals surface area contributed by atoms with Crippen molar-refractivity contribution < 1.29 is 38.6 Å². The number of hydrogen-bond acceptors (Lipinski definition) is 10. The van der Waals surface area contributed by atoms with E-state index in [1.165, 1.54) is 12.1 Å². The molecule has 17 heteroatoms. The molecular formula is C34H43N7O10. The van der Waals surface area contributed by atoms with Crippen LogP contribution in [-0.2, 0) is 32.1 Å². The Morgan fingerprint density at radius 2 is 1.65 bits per heavy atom. The number of nitro groups is 2. The molecule has 6 N–H and O–H groups in total. The number of non-ortho nitro benzene ring substituents is 1. The van der Waals surface area contributed by atoms with Crippen molar-refractivity contribution >= 4 is 46.8 Å². The molecule has 2 aromatic rings. The van der Waals surface area contributed by atoms with Crippen LogP contribution in [0.2, 0.25) is 0 Å². The molecule has 0 unspecified atom stereocenters. The van der Waals surface area contributed by atoms with Gasteiger partial charge in [-0.2, -0.15) is 0 Å². The minimum atomic E-state index is -0.817. The highest BCUT2D eigenvalue weighted by Gasteiger charge is 2.29. The smallest absolute Gasteiger partial charge is 0.407 e. The van der Waals surface area contributed by atoms with E-state index in [1.54, 1.807) is 38.1 Å². The predicted molar refractivity (Wildman–Crippen MR) is 186 cm³/mol. The van der Waals surface area contributed by atoms with Gasteiger partial charge in [0.05, 0.1) is 22.0 Å². The number of amides is 5. The summed E-state index contributed by atoms with van der Waals surface area (Å²) in [6.45, 7) is 3.81. The Hall–Kier alpha value is -6.05. The molecule has 0 aromatic heterocycles. The lowest BCUT2D eigenvalue weighted by Gasteiger charge is -2.24. The number of Topliss-reactive ketones (excluding diaryl/α,β-unsaturated/α-hetero) is 1.